The number of fused-ring (bicyclic) bond motifs is 3. The first-order valence-electron chi connectivity index (χ1n) is 11.7. The van der Waals surface area contributed by atoms with Crippen molar-refractivity contribution in [3.63, 3.8) is 0 Å². The highest BCUT2D eigenvalue weighted by Crippen LogP contribution is 2.44. The van der Waals surface area contributed by atoms with Gasteiger partial charge < -0.3 is 25.0 Å². The van der Waals surface area contributed by atoms with E-state index in [0.717, 1.165) is 41.8 Å². The van der Waals surface area contributed by atoms with Crippen LogP contribution in [0.5, 0.6) is 0 Å². The maximum atomic E-state index is 13.2. The van der Waals surface area contributed by atoms with Gasteiger partial charge in [0.1, 0.15) is 12.6 Å². The molecule has 2 atom stereocenters. The van der Waals surface area contributed by atoms with Gasteiger partial charge in [0.05, 0.1) is 6.42 Å². The van der Waals surface area contributed by atoms with E-state index in [4.69, 9.17) is 4.74 Å². The lowest BCUT2D eigenvalue weighted by Crippen LogP contribution is -2.53. The molecule has 8 heteroatoms. The molecule has 2 aliphatic rings. The van der Waals surface area contributed by atoms with Crippen LogP contribution in [0.3, 0.4) is 0 Å². The Hall–Kier alpha value is -3.39. The van der Waals surface area contributed by atoms with Crippen LogP contribution in [0.2, 0.25) is 0 Å². The van der Waals surface area contributed by atoms with Crippen molar-refractivity contribution >= 4 is 18.0 Å². The lowest BCUT2D eigenvalue weighted by Gasteiger charge is -2.31. The molecule has 4 rings (SSSR count). The van der Waals surface area contributed by atoms with Gasteiger partial charge >= 0.3 is 12.1 Å². The Morgan fingerprint density at radius 1 is 1.12 bits per heavy atom. The number of aliphatic carboxylic acids is 1. The molecule has 1 aliphatic heterocycles. The number of alkyl carbamates (subject to hydrolysis) is 1. The molecule has 1 heterocycles. The molecule has 2 aromatic carbocycles. The van der Waals surface area contributed by atoms with Crippen LogP contribution in [0.4, 0.5) is 4.79 Å². The number of likely N-dealkylation sites (N-methyl/N-ethyl adjacent to an activating group) is 2. The Kier molecular flexibility index (Phi) is 7.17. The summed E-state index contributed by atoms with van der Waals surface area (Å²) in [5.41, 5.74) is 4.40. The number of amides is 2. The van der Waals surface area contributed by atoms with Crippen LogP contribution < -0.4 is 5.32 Å². The van der Waals surface area contributed by atoms with Crippen LogP contribution in [-0.4, -0.2) is 78.2 Å². The fraction of sp³-hybridized carbons (Fsp3) is 0.423. The molecular weight excluding hydrogens is 434 g/mol. The van der Waals surface area contributed by atoms with Gasteiger partial charge in [-0.15, -0.1) is 0 Å². The van der Waals surface area contributed by atoms with Crippen molar-refractivity contribution in [3.05, 3.63) is 59.7 Å². The monoisotopic (exact) mass is 465 g/mol. The number of hydrogen-bond donors (Lipinski definition) is 2. The highest BCUT2D eigenvalue weighted by atomic mass is 16.5. The molecule has 1 saturated heterocycles. The minimum atomic E-state index is -1.18. The smallest absolute Gasteiger partial charge is 0.407 e. The second kappa shape index (κ2) is 10.3. The summed E-state index contributed by atoms with van der Waals surface area (Å²) in [6.45, 7) is 4.00. The molecule has 1 fully saturated rings. The first-order valence-corrected chi connectivity index (χ1v) is 11.7. The second-order valence-corrected chi connectivity index (χ2v) is 8.95. The van der Waals surface area contributed by atoms with Gasteiger partial charge in [0.25, 0.3) is 0 Å². The van der Waals surface area contributed by atoms with Crippen LogP contribution in [0, 0.1) is 0 Å². The van der Waals surface area contributed by atoms with Gasteiger partial charge in [0.15, 0.2) is 0 Å². The maximum absolute atomic E-state index is 13.2. The number of hydrogen-bond acceptors (Lipinski definition) is 5. The zero-order valence-corrected chi connectivity index (χ0v) is 19.6. The van der Waals surface area contributed by atoms with E-state index in [9.17, 15) is 19.5 Å². The number of carbonyl (C=O) groups excluding carboxylic acids is 2. The first-order chi connectivity index (χ1) is 16.4. The van der Waals surface area contributed by atoms with Crippen molar-refractivity contribution in [2.75, 3.05) is 33.3 Å². The van der Waals surface area contributed by atoms with E-state index in [-0.39, 0.29) is 18.6 Å². The zero-order chi connectivity index (χ0) is 24.2. The van der Waals surface area contributed by atoms with E-state index in [2.05, 4.69) is 22.3 Å². The Morgan fingerprint density at radius 2 is 1.74 bits per heavy atom. The second-order valence-electron chi connectivity index (χ2n) is 8.95. The van der Waals surface area contributed by atoms with E-state index in [1.54, 1.807) is 4.90 Å². The molecule has 34 heavy (non-hydrogen) atoms. The molecule has 0 aromatic heterocycles. The predicted octanol–water partition coefficient (Wildman–Crippen LogP) is 2.92. The molecule has 8 nitrogen and oxygen atoms in total. The van der Waals surface area contributed by atoms with Crippen molar-refractivity contribution in [2.45, 2.75) is 37.8 Å². The normalized spacial score (nSPS) is 18.1. The summed E-state index contributed by atoms with van der Waals surface area (Å²) in [6, 6.07) is 14.8. The predicted molar refractivity (Wildman–Crippen MR) is 128 cm³/mol. The van der Waals surface area contributed by atoms with Crippen molar-refractivity contribution in [1.29, 1.82) is 0 Å². The lowest BCUT2D eigenvalue weighted by atomic mass is 9.98. The van der Waals surface area contributed by atoms with Gasteiger partial charge in [-0.05, 0) is 49.2 Å². The summed E-state index contributed by atoms with van der Waals surface area (Å²) in [6.07, 6.45) is -0.468. The number of ether oxygens (including phenoxy) is 1. The number of nitrogens with zero attached hydrogens (tertiary/aromatic N) is 2. The van der Waals surface area contributed by atoms with Crippen molar-refractivity contribution in [3.8, 4) is 11.1 Å². The third-order valence-corrected chi connectivity index (χ3v) is 6.74. The third-order valence-electron chi connectivity index (χ3n) is 6.74. The van der Waals surface area contributed by atoms with E-state index >= 15 is 0 Å². The SMILES string of the molecule is CCN(C(=O)C(CC(=O)O)NC(=O)OCC1c2ccccc2-c2ccccc21)C1CCN(C)C1. The molecule has 2 aromatic rings. The van der Waals surface area contributed by atoms with Gasteiger partial charge in [-0.3, -0.25) is 9.59 Å². The molecule has 0 spiro atoms. The van der Waals surface area contributed by atoms with E-state index in [1.807, 2.05) is 50.4 Å². The quantitative estimate of drug-likeness (QED) is 0.622. The lowest BCUT2D eigenvalue weighted by molar-refractivity contribution is -0.143. The fourth-order valence-electron chi connectivity index (χ4n) is 5.12. The Morgan fingerprint density at radius 3 is 2.26 bits per heavy atom. The Balaban J connectivity index is 1.44. The number of benzene rings is 2. The van der Waals surface area contributed by atoms with Crippen molar-refractivity contribution in [2.24, 2.45) is 0 Å². The Bertz CT molecular complexity index is 1030. The molecule has 0 bridgehead atoms. The van der Waals surface area contributed by atoms with Gasteiger partial charge in [0.2, 0.25) is 5.91 Å². The molecule has 2 unspecified atom stereocenters. The van der Waals surface area contributed by atoms with Crippen molar-refractivity contribution < 1.29 is 24.2 Å². The van der Waals surface area contributed by atoms with Crippen LogP contribution in [0.25, 0.3) is 11.1 Å². The molecular formula is C26H31N3O5. The summed E-state index contributed by atoms with van der Waals surface area (Å²) in [4.78, 5) is 41.1. The highest BCUT2D eigenvalue weighted by Gasteiger charge is 2.35. The topological polar surface area (TPSA) is 99.2 Å². The zero-order valence-electron chi connectivity index (χ0n) is 19.6. The number of likely N-dealkylation sites (tertiary alicyclic amines) is 1. The van der Waals surface area contributed by atoms with Gasteiger partial charge in [-0.25, -0.2) is 4.79 Å². The molecule has 0 saturated carbocycles. The molecule has 1 aliphatic carbocycles. The van der Waals surface area contributed by atoms with Crippen LogP contribution in [-0.2, 0) is 14.3 Å². The highest BCUT2D eigenvalue weighted by molar-refractivity contribution is 5.89. The summed E-state index contributed by atoms with van der Waals surface area (Å²) in [5, 5.41) is 11.9. The summed E-state index contributed by atoms with van der Waals surface area (Å²) in [7, 11) is 1.99. The number of carboxylic acid groups (broad SMARTS) is 1. The first kappa shape index (κ1) is 23.8. The standard InChI is InChI=1S/C26H31N3O5/c1-3-29(17-12-13-28(2)15-17)25(32)23(14-24(30)31)27-26(33)34-16-22-20-10-6-4-8-18(20)19-9-5-7-11-21(19)22/h4-11,17,22-23H,3,12-16H2,1-2H3,(H,27,33)(H,30,31). The Labute approximate surface area is 199 Å². The number of carbonyl (C=O) groups is 3. The van der Waals surface area contributed by atoms with Gasteiger partial charge in [-0.1, -0.05) is 48.5 Å². The summed E-state index contributed by atoms with van der Waals surface area (Å²) < 4.78 is 5.54. The molecule has 180 valence electrons. The number of nitrogens with one attached hydrogen (secondary N) is 1. The van der Waals surface area contributed by atoms with E-state index < -0.39 is 30.4 Å². The number of carboxylic acids is 1. The van der Waals surface area contributed by atoms with Crippen LogP contribution in [0.1, 0.15) is 36.8 Å². The maximum Gasteiger partial charge on any atom is 0.407 e. The third kappa shape index (κ3) is 4.92. The van der Waals surface area contributed by atoms with Crippen molar-refractivity contribution in [1.82, 2.24) is 15.1 Å². The average molecular weight is 466 g/mol. The van der Waals surface area contributed by atoms with E-state index in [1.165, 1.54) is 0 Å². The summed E-state index contributed by atoms with van der Waals surface area (Å²) in [5.74, 6) is -1.66. The molecule has 0 radical (unpaired) electrons. The minimum Gasteiger partial charge on any atom is -0.481 e. The number of rotatable bonds is 8. The minimum absolute atomic E-state index is 0.00288. The molecule has 2 amide bonds. The fourth-order valence-corrected chi connectivity index (χ4v) is 5.12. The van der Waals surface area contributed by atoms with Gasteiger partial charge in [-0.2, -0.15) is 0 Å². The van der Waals surface area contributed by atoms with Crippen LogP contribution in [0.15, 0.2) is 48.5 Å². The molecule has 2 N–H and O–H groups in total. The summed E-state index contributed by atoms with van der Waals surface area (Å²) >= 11 is 0. The van der Waals surface area contributed by atoms with E-state index in [0.29, 0.717) is 6.54 Å². The average Bonchev–Trinajstić information content (AvgIpc) is 3.38. The van der Waals surface area contributed by atoms with Crippen LogP contribution >= 0.6 is 0 Å². The van der Waals surface area contributed by atoms with Gasteiger partial charge in [0, 0.05) is 25.0 Å². The largest absolute Gasteiger partial charge is 0.481 e.